The maximum absolute atomic E-state index is 10.9. The van der Waals surface area contributed by atoms with Gasteiger partial charge in [-0.05, 0) is 41.8 Å². The summed E-state index contributed by atoms with van der Waals surface area (Å²) in [6, 6.07) is 9.58. The first-order valence-electron chi connectivity index (χ1n) is 6.03. The van der Waals surface area contributed by atoms with E-state index < -0.39 is 0 Å². The molecule has 0 aliphatic rings. The third-order valence-electron chi connectivity index (χ3n) is 2.94. The van der Waals surface area contributed by atoms with E-state index in [0.717, 1.165) is 22.8 Å². The molecule has 0 fully saturated rings. The van der Waals surface area contributed by atoms with Crippen LogP contribution >= 0.6 is 0 Å². The molecule has 0 atom stereocenters. The van der Waals surface area contributed by atoms with Gasteiger partial charge in [-0.15, -0.1) is 0 Å². The number of carbonyl (C=O) groups excluding carboxylic acids is 1. The van der Waals surface area contributed by atoms with E-state index in [1.165, 1.54) is 12.5 Å². The molecule has 0 heterocycles. The van der Waals surface area contributed by atoms with Gasteiger partial charge >= 0.3 is 0 Å². The molecule has 3 nitrogen and oxygen atoms in total. The molecule has 0 aliphatic carbocycles. The molecule has 2 rings (SSSR count). The molecule has 0 spiro atoms. The van der Waals surface area contributed by atoms with Crippen LogP contribution in [0.1, 0.15) is 18.1 Å². The van der Waals surface area contributed by atoms with Crippen LogP contribution in [0.15, 0.2) is 30.3 Å². The minimum atomic E-state index is -0.0187. The predicted molar refractivity (Wildman–Crippen MR) is 72.7 cm³/mol. The van der Waals surface area contributed by atoms with Crippen molar-refractivity contribution in [3.05, 3.63) is 41.5 Å². The molecule has 0 saturated heterocycles. The van der Waals surface area contributed by atoms with Crippen LogP contribution < -0.4 is 5.32 Å². The number of phenolic OH excluding ortho intramolecular Hbond substituents is 1. The number of carbonyl (C=O) groups is 1. The predicted octanol–water partition coefficient (Wildman–Crippen LogP) is 2.53. The van der Waals surface area contributed by atoms with Gasteiger partial charge in [0.05, 0.1) is 0 Å². The molecule has 3 heteroatoms. The summed E-state index contributed by atoms with van der Waals surface area (Å²) < 4.78 is 0. The highest BCUT2D eigenvalue weighted by molar-refractivity contribution is 5.87. The van der Waals surface area contributed by atoms with Gasteiger partial charge < -0.3 is 10.4 Å². The minimum absolute atomic E-state index is 0.0187. The third kappa shape index (κ3) is 2.80. The summed E-state index contributed by atoms with van der Waals surface area (Å²) in [5.74, 6) is 0.252. The fourth-order valence-corrected chi connectivity index (χ4v) is 2.17. The van der Waals surface area contributed by atoms with Crippen molar-refractivity contribution in [3.8, 4) is 5.75 Å². The molecule has 94 valence electrons. The van der Waals surface area contributed by atoms with E-state index in [1.807, 2.05) is 13.0 Å². The zero-order valence-electron chi connectivity index (χ0n) is 10.7. The van der Waals surface area contributed by atoms with E-state index in [1.54, 1.807) is 12.1 Å². The lowest BCUT2D eigenvalue weighted by molar-refractivity contribution is -0.118. The lowest BCUT2D eigenvalue weighted by Crippen LogP contribution is -2.22. The quantitative estimate of drug-likeness (QED) is 0.870. The molecule has 0 radical (unpaired) electrons. The van der Waals surface area contributed by atoms with Crippen molar-refractivity contribution < 1.29 is 9.90 Å². The summed E-state index contributed by atoms with van der Waals surface area (Å²) in [5, 5.41) is 14.5. The van der Waals surface area contributed by atoms with E-state index in [-0.39, 0.29) is 11.7 Å². The molecular weight excluding hydrogens is 226 g/mol. The summed E-state index contributed by atoms with van der Waals surface area (Å²) in [6.45, 7) is 4.18. The molecule has 0 saturated carbocycles. The van der Waals surface area contributed by atoms with Gasteiger partial charge in [0, 0.05) is 13.5 Å². The van der Waals surface area contributed by atoms with Crippen LogP contribution in [0.5, 0.6) is 5.75 Å². The molecule has 0 aliphatic heterocycles. The monoisotopic (exact) mass is 243 g/mol. The Balaban J connectivity index is 2.35. The number of nitrogens with one attached hydrogen (secondary N) is 1. The Kier molecular flexibility index (Phi) is 3.51. The molecule has 2 aromatic carbocycles. The van der Waals surface area contributed by atoms with Crippen molar-refractivity contribution in [3.63, 3.8) is 0 Å². The summed E-state index contributed by atoms with van der Waals surface area (Å²) >= 11 is 0. The smallest absolute Gasteiger partial charge is 0.216 e. The zero-order valence-corrected chi connectivity index (χ0v) is 10.7. The Morgan fingerprint density at radius 3 is 2.78 bits per heavy atom. The van der Waals surface area contributed by atoms with Crippen molar-refractivity contribution in [2.45, 2.75) is 20.3 Å². The maximum Gasteiger partial charge on any atom is 0.216 e. The number of hydrogen-bond acceptors (Lipinski definition) is 2. The molecule has 1 amide bonds. The molecule has 0 unspecified atom stereocenters. The van der Waals surface area contributed by atoms with Gasteiger partial charge in [0.15, 0.2) is 0 Å². The largest absolute Gasteiger partial charge is 0.508 e. The Hall–Kier alpha value is -2.03. The first-order valence-corrected chi connectivity index (χ1v) is 6.03. The van der Waals surface area contributed by atoms with Gasteiger partial charge in [0.25, 0.3) is 0 Å². The second-order valence-electron chi connectivity index (χ2n) is 4.56. The highest BCUT2D eigenvalue weighted by atomic mass is 16.3. The first-order chi connectivity index (χ1) is 8.56. The fourth-order valence-electron chi connectivity index (χ4n) is 2.17. The average Bonchev–Trinajstić information content (AvgIpc) is 2.29. The zero-order chi connectivity index (χ0) is 13.1. The number of hydrogen-bond donors (Lipinski definition) is 2. The van der Waals surface area contributed by atoms with Gasteiger partial charge in [-0.25, -0.2) is 0 Å². The average molecular weight is 243 g/mol. The summed E-state index contributed by atoms with van der Waals surface area (Å²) in [7, 11) is 0. The fraction of sp³-hybridized carbons (Fsp3) is 0.267. The Morgan fingerprint density at radius 2 is 2.06 bits per heavy atom. The number of fused-ring (bicyclic) bond motifs is 1. The standard InChI is InChI=1S/C15H17NO2/c1-10-7-12-3-4-14(18)9-15(12)13(8-10)5-6-16-11(2)17/h3-4,7-9,18H,5-6H2,1-2H3,(H,16,17). The summed E-state index contributed by atoms with van der Waals surface area (Å²) in [6.07, 6.45) is 0.765. The van der Waals surface area contributed by atoms with Crippen molar-refractivity contribution >= 4 is 16.7 Å². The van der Waals surface area contributed by atoms with Crippen LogP contribution in [0.3, 0.4) is 0 Å². The Morgan fingerprint density at radius 1 is 1.28 bits per heavy atom. The molecule has 18 heavy (non-hydrogen) atoms. The number of amides is 1. The normalized spacial score (nSPS) is 10.6. The van der Waals surface area contributed by atoms with Crippen molar-refractivity contribution in [2.75, 3.05) is 6.54 Å². The second kappa shape index (κ2) is 5.08. The molecular formula is C15H17NO2. The summed E-state index contributed by atoms with van der Waals surface area (Å²) in [5.41, 5.74) is 2.33. The first kappa shape index (κ1) is 12.4. The Labute approximate surface area is 106 Å². The number of benzene rings is 2. The van der Waals surface area contributed by atoms with Gasteiger partial charge in [-0.3, -0.25) is 4.79 Å². The van der Waals surface area contributed by atoms with Gasteiger partial charge in [0.1, 0.15) is 5.75 Å². The topological polar surface area (TPSA) is 49.3 Å². The second-order valence-corrected chi connectivity index (χ2v) is 4.56. The lowest BCUT2D eigenvalue weighted by atomic mass is 9.99. The van der Waals surface area contributed by atoms with E-state index in [9.17, 15) is 9.90 Å². The van der Waals surface area contributed by atoms with Crippen LogP contribution in [0.4, 0.5) is 0 Å². The number of aromatic hydroxyl groups is 1. The van der Waals surface area contributed by atoms with E-state index in [2.05, 4.69) is 17.4 Å². The Bertz CT molecular complexity index is 590. The highest BCUT2D eigenvalue weighted by Gasteiger charge is 2.04. The molecule has 0 bridgehead atoms. The van der Waals surface area contributed by atoms with Gasteiger partial charge in [-0.2, -0.15) is 0 Å². The molecule has 2 N–H and O–H groups in total. The highest BCUT2D eigenvalue weighted by Crippen LogP contribution is 2.25. The molecule has 2 aromatic rings. The van der Waals surface area contributed by atoms with E-state index in [0.29, 0.717) is 6.54 Å². The van der Waals surface area contributed by atoms with Crippen LogP contribution in [0.25, 0.3) is 10.8 Å². The molecule has 0 aromatic heterocycles. The minimum Gasteiger partial charge on any atom is -0.508 e. The van der Waals surface area contributed by atoms with Gasteiger partial charge in [-0.1, -0.05) is 23.8 Å². The van der Waals surface area contributed by atoms with E-state index in [4.69, 9.17) is 0 Å². The van der Waals surface area contributed by atoms with Crippen molar-refractivity contribution in [1.29, 1.82) is 0 Å². The van der Waals surface area contributed by atoms with Crippen molar-refractivity contribution in [2.24, 2.45) is 0 Å². The lowest BCUT2D eigenvalue weighted by Gasteiger charge is -2.09. The maximum atomic E-state index is 10.9. The van der Waals surface area contributed by atoms with Crippen LogP contribution in [-0.2, 0) is 11.2 Å². The number of phenols is 1. The number of aryl methyl sites for hydroxylation is 1. The van der Waals surface area contributed by atoms with E-state index >= 15 is 0 Å². The van der Waals surface area contributed by atoms with Crippen molar-refractivity contribution in [1.82, 2.24) is 5.32 Å². The SMILES string of the molecule is CC(=O)NCCc1cc(C)cc2ccc(O)cc12. The van der Waals surface area contributed by atoms with Gasteiger partial charge in [0.2, 0.25) is 5.91 Å². The van der Waals surface area contributed by atoms with Crippen LogP contribution in [0, 0.1) is 6.92 Å². The number of rotatable bonds is 3. The van der Waals surface area contributed by atoms with Crippen LogP contribution in [0.2, 0.25) is 0 Å². The third-order valence-corrected chi connectivity index (χ3v) is 2.94. The van der Waals surface area contributed by atoms with Crippen LogP contribution in [-0.4, -0.2) is 17.6 Å². The summed E-state index contributed by atoms with van der Waals surface area (Å²) in [4.78, 5) is 10.9.